The lowest BCUT2D eigenvalue weighted by atomic mass is 9.91. The van der Waals surface area contributed by atoms with Gasteiger partial charge in [0.1, 0.15) is 0 Å². The van der Waals surface area contributed by atoms with Crippen LogP contribution in [0.1, 0.15) is 47.0 Å². The zero-order valence-electron chi connectivity index (χ0n) is 11.6. The molecule has 3 nitrogen and oxygen atoms in total. The number of amides is 1. The van der Waals surface area contributed by atoms with Crippen LogP contribution >= 0.6 is 0 Å². The molecular weight excluding hydrogens is 212 g/mol. The summed E-state index contributed by atoms with van der Waals surface area (Å²) < 4.78 is 0. The fourth-order valence-corrected chi connectivity index (χ4v) is 2.84. The monoisotopic (exact) mass is 238 g/mol. The third-order valence-electron chi connectivity index (χ3n) is 4.92. The molecule has 2 atom stereocenters. The Labute approximate surface area is 105 Å². The number of hydrogen-bond donors (Lipinski definition) is 1. The first-order valence-electron chi connectivity index (χ1n) is 7.02. The average Bonchev–Trinajstić information content (AvgIpc) is 3.00. The lowest BCUT2D eigenvalue weighted by Crippen LogP contribution is -2.38. The highest BCUT2D eigenvalue weighted by molar-refractivity contribution is 5.84. The van der Waals surface area contributed by atoms with Crippen LogP contribution in [0.5, 0.6) is 0 Å². The minimum atomic E-state index is 0.0583. The van der Waals surface area contributed by atoms with Crippen molar-refractivity contribution in [3.63, 3.8) is 0 Å². The van der Waals surface area contributed by atoms with E-state index in [1.165, 1.54) is 12.8 Å². The molecule has 3 heteroatoms. The molecule has 0 spiro atoms. The van der Waals surface area contributed by atoms with Crippen LogP contribution in [0.15, 0.2) is 0 Å². The third-order valence-corrected chi connectivity index (χ3v) is 4.92. The van der Waals surface area contributed by atoms with Crippen LogP contribution in [-0.2, 0) is 4.79 Å². The van der Waals surface area contributed by atoms with E-state index in [2.05, 4.69) is 33.0 Å². The van der Waals surface area contributed by atoms with Crippen LogP contribution in [-0.4, -0.2) is 30.1 Å². The van der Waals surface area contributed by atoms with Crippen LogP contribution in [0.4, 0.5) is 0 Å². The molecule has 1 N–H and O–H groups in total. The molecule has 1 aliphatic heterocycles. The Morgan fingerprint density at radius 1 is 1.41 bits per heavy atom. The van der Waals surface area contributed by atoms with Crippen molar-refractivity contribution in [2.24, 2.45) is 17.3 Å². The molecule has 0 aromatic heterocycles. The van der Waals surface area contributed by atoms with Crippen molar-refractivity contribution < 1.29 is 4.79 Å². The van der Waals surface area contributed by atoms with Gasteiger partial charge in [-0.15, -0.1) is 0 Å². The van der Waals surface area contributed by atoms with Crippen LogP contribution < -0.4 is 5.32 Å². The summed E-state index contributed by atoms with van der Waals surface area (Å²) in [7, 11) is 0. The van der Waals surface area contributed by atoms with E-state index in [1.807, 2.05) is 4.90 Å². The summed E-state index contributed by atoms with van der Waals surface area (Å²) in [4.78, 5) is 14.3. The molecule has 2 fully saturated rings. The second-order valence-electron chi connectivity index (χ2n) is 6.28. The first kappa shape index (κ1) is 12.9. The van der Waals surface area contributed by atoms with Crippen molar-refractivity contribution >= 4 is 5.91 Å². The molecule has 2 rings (SSSR count). The van der Waals surface area contributed by atoms with Gasteiger partial charge in [-0.25, -0.2) is 0 Å². The lowest BCUT2D eigenvalue weighted by molar-refractivity contribution is -0.130. The summed E-state index contributed by atoms with van der Waals surface area (Å²) >= 11 is 0. The fourth-order valence-electron chi connectivity index (χ4n) is 2.84. The Balaban J connectivity index is 1.94. The molecule has 0 radical (unpaired) electrons. The van der Waals surface area contributed by atoms with Crippen molar-refractivity contribution in [1.82, 2.24) is 10.2 Å². The largest absolute Gasteiger partial charge is 0.328 e. The first-order valence-corrected chi connectivity index (χ1v) is 7.02. The third kappa shape index (κ3) is 2.35. The van der Waals surface area contributed by atoms with Crippen molar-refractivity contribution in [1.29, 1.82) is 0 Å². The molecular formula is C14H26N2O. The van der Waals surface area contributed by atoms with Gasteiger partial charge in [0.15, 0.2) is 0 Å². The molecule has 0 aromatic carbocycles. The Morgan fingerprint density at radius 3 is 2.53 bits per heavy atom. The summed E-state index contributed by atoms with van der Waals surface area (Å²) in [5.74, 6) is 1.46. The van der Waals surface area contributed by atoms with E-state index in [0.717, 1.165) is 19.6 Å². The zero-order chi connectivity index (χ0) is 12.6. The van der Waals surface area contributed by atoms with E-state index in [9.17, 15) is 4.79 Å². The Hall–Kier alpha value is -0.570. The minimum Gasteiger partial charge on any atom is -0.328 e. The van der Waals surface area contributed by atoms with E-state index in [1.54, 1.807) is 0 Å². The second kappa shape index (κ2) is 4.60. The number of carbonyl (C=O) groups excluding carboxylic acids is 1. The van der Waals surface area contributed by atoms with Crippen molar-refractivity contribution in [2.75, 3.05) is 13.2 Å². The van der Waals surface area contributed by atoms with Crippen molar-refractivity contribution in [3.8, 4) is 0 Å². The topological polar surface area (TPSA) is 32.3 Å². The summed E-state index contributed by atoms with van der Waals surface area (Å²) in [6.45, 7) is 10.6. The van der Waals surface area contributed by atoms with Gasteiger partial charge < -0.3 is 4.90 Å². The molecule has 1 heterocycles. The molecule has 2 unspecified atom stereocenters. The van der Waals surface area contributed by atoms with Crippen LogP contribution in [0.25, 0.3) is 0 Å². The lowest BCUT2D eigenvalue weighted by Gasteiger charge is -2.26. The molecule has 98 valence electrons. The summed E-state index contributed by atoms with van der Waals surface area (Å²) in [5.41, 5.74) is 0.432. The van der Waals surface area contributed by atoms with Crippen LogP contribution in [0.3, 0.4) is 0 Å². The molecule has 1 saturated heterocycles. The van der Waals surface area contributed by atoms with Gasteiger partial charge in [0.2, 0.25) is 5.91 Å². The first-order chi connectivity index (χ1) is 8.00. The molecule has 1 saturated carbocycles. The highest BCUT2D eigenvalue weighted by atomic mass is 16.2. The van der Waals surface area contributed by atoms with Gasteiger partial charge in [-0.1, -0.05) is 34.1 Å². The normalized spacial score (nSPS) is 28.9. The molecule has 0 bridgehead atoms. The van der Waals surface area contributed by atoms with Crippen molar-refractivity contribution in [2.45, 2.75) is 53.0 Å². The number of hydrogen-bond acceptors (Lipinski definition) is 2. The maximum Gasteiger partial charge on any atom is 0.241 e. The quantitative estimate of drug-likeness (QED) is 0.796. The molecule has 17 heavy (non-hydrogen) atoms. The predicted molar refractivity (Wildman–Crippen MR) is 69.5 cm³/mol. The fraction of sp³-hybridized carbons (Fsp3) is 0.929. The average molecular weight is 238 g/mol. The molecule has 0 aromatic rings. The van der Waals surface area contributed by atoms with Gasteiger partial charge in [-0.05, 0) is 30.1 Å². The number of carbonyl (C=O) groups is 1. The second-order valence-corrected chi connectivity index (χ2v) is 6.28. The Bertz CT molecular complexity index is 297. The molecule has 2 aliphatic rings. The zero-order valence-corrected chi connectivity index (χ0v) is 11.6. The van der Waals surface area contributed by atoms with Gasteiger partial charge >= 0.3 is 0 Å². The van der Waals surface area contributed by atoms with E-state index >= 15 is 0 Å². The maximum atomic E-state index is 12.3. The minimum absolute atomic E-state index is 0.0583. The van der Waals surface area contributed by atoms with Crippen LogP contribution in [0.2, 0.25) is 0 Å². The highest BCUT2D eigenvalue weighted by Gasteiger charge is 2.48. The number of nitrogens with zero attached hydrogens (tertiary/aromatic N) is 1. The van der Waals surface area contributed by atoms with Gasteiger partial charge in [-0.3, -0.25) is 10.1 Å². The summed E-state index contributed by atoms with van der Waals surface area (Å²) in [6, 6.07) is 0.0583. The van der Waals surface area contributed by atoms with E-state index in [4.69, 9.17) is 0 Å². The van der Waals surface area contributed by atoms with Crippen molar-refractivity contribution in [3.05, 3.63) is 0 Å². The smallest absolute Gasteiger partial charge is 0.241 e. The van der Waals surface area contributed by atoms with E-state index in [-0.39, 0.29) is 6.04 Å². The summed E-state index contributed by atoms with van der Waals surface area (Å²) in [6.07, 6.45) is 3.65. The standard InChI is InChI=1S/C14H26N2O/c1-5-11(4)12-13(17)16(9-15-12)8-14(6-7-14)10(2)3/h10-12,15H,5-9H2,1-4H3. The number of rotatable bonds is 5. The van der Waals surface area contributed by atoms with Gasteiger partial charge in [0, 0.05) is 6.54 Å². The highest BCUT2D eigenvalue weighted by Crippen LogP contribution is 2.52. The van der Waals surface area contributed by atoms with Gasteiger partial charge in [0.05, 0.1) is 12.7 Å². The predicted octanol–water partition coefficient (Wildman–Crippen LogP) is 2.23. The Kier molecular flexibility index (Phi) is 3.48. The SMILES string of the molecule is CCC(C)C1NCN(CC2(C(C)C)CC2)C1=O. The Morgan fingerprint density at radius 2 is 2.06 bits per heavy atom. The van der Waals surface area contributed by atoms with Crippen LogP contribution in [0, 0.1) is 17.3 Å². The van der Waals surface area contributed by atoms with E-state index < -0.39 is 0 Å². The summed E-state index contributed by atoms with van der Waals surface area (Å²) in [5, 5.41) is 3.37. The molecule has 1 aliphatic carbocycles. The molecule has 1 amide bonds. The maximum absolute atomic E-state index is 12.3. The van der Waals surface area contributed by atoms with Gasteiger partial charge in [-0.2, -0.15) is 0 Å². The van der Waals surface area contributed by atoms with Gasteiger partial charge in [0.25, 0.3) is 0 Å². The van der Waals surface area contributed by atoms with E-state index in [0.29, 0.717) is 23.2 Å². The number of nitrogens with one attached hydrogen (secondary N) is 1.